The van der Waals surface area contributed by atoms with E-state index in [2.05, 4.69) is 5.16 Å². The van der Waals surface area contributed by atoms with Crippen LogP contribution in [0.4, 0.5) is 5.69 Å². The maximum absolute atomic E-state index is 10.5. The molecule has 6 nitrogen and oxygen atoms in total. The molecule has 0 unspecified atom stereocenters. The van der Waals surface area contributed by atoms with E-state index >= 15 is 0 Å². The lowest BCUT2D eigenvalue weighted by Gasteiger charge is -2.01. The number of hydrogen-bond acceptors (Lipinski definition) is 5. The molecule has 0 aliphatic heterocycles. The molecule has 6 heteroatoms. The van der Waals surface area contributed by atoms with E-state index in [9.17, 15) is 15.2 Å². The average molecular weight is 196 g/mol. The summed E-state index contributed by atoms with van der Waals surface area (Å²) in [7, 11) is 0. The molecule has 0 bridgehead atoms. The Labute approximate surface area is 79.3 Å². The van der Waals surface area contributed by atoms with Crippen molar-refractivity contribution in [3.8, 4) is 5.75 Å². The van der Waals surface area contributed by atoms with Gasteiger partial charge in [-0.1, -0.05) is 5.16 Å². The average Bonchev–Trinajstić information content (AvgIpc) is 2.10. The van der Waals surface area contributed by atoms with Crippen molar-refractivity contribution in [3.05, 3.63) is 33.4 Å². The first kappa shape index (κ1) is 9.97. The summed E-state index contributed by atoms with van der Waals surface area (Å²) in [5.41, 5.74) is 0.309. The lowest BCUT2D eigenvalue weighted by Crippen LogP contribution is -1.93. The van der Waals surface area contributed by atoms with Gasteiger partial charge in [-0.2, -0.15) is 0 Å². The van der Waals surface area contributed by atoms with Gasteiger partial charge in [0.25, 0.3) is 0 Å². The summed E-state index contributed by atoms with van der Waals surface area (Å²) in [6.07, 6.45) is 0.940. The van der Waals surface area contributed by atoms with Crippen LogP contribution in [0.3, 0.4) is 0 Å². The topological polar surface area (TPSA) is 96.0 Å². The van der Waals surface area contributed by atoms with Gasteiger partial charge in [-0.05, 0) is 18.6 Å². The maximum Gasteiger partial charge on any atom is 0.311 e. The fourth-order valence-corrected chi connectivity index (χ4v) is 1.09. The van der Waals surface area contributed by atoms with Gasteiger partial charge in [-0.25, -0.2) is 0 Å². The van der Waals surface area contributed by atoms with E-state index in [0.29, 0.717) is 5.56 Å². The third-order valence-electron chi connectivity index (χ3n) is 1.66. The molecule has 0 radical (unpaired) electrons. The Kier molecular flexibility index (Phi) is 2.66. The molecule has 74 valence electrons. The van der Waals surface area contributed by atoms with Crippen molar-refractivity contribution in [2.24, 2.45) is 5.16 Å². The first-order valence-electron chi connectivity index (χ1n) is 3.71. The van der Waals surface area contributed by atoms with E-state index < -0.39 is 16.4 Å². The zero-order chi connectivity index (χ0) is 10.7. The molecule has 1 rings (SSSR count). The molecule has 0 saturated heterocycles. The van der Waals surface area contributed by atoms with Gasteiger partial charge in [0.2, 0.25) is 5.75 Å². The second kappa shape index (κ2) is 3.73. The Bertz CT molecular complexity index is 401. The number of nitro groups is 1. The number of rotatable bonds is 2. The molecule has 14 heavy (non-hydrogen) atoms. The molecule has 1 aromatic carbocycles. The minimum absolute atomic E-state index is 0.110. The van der Waals surface area contributed by atoms with E-state index in [4.69, 9.17) is 5.21 Å². The van der Waals surface area contributed by atoms with Gasteiger partial charge in [0.1, 0.15) is 0 Å². The molecule has 1 aromatic rings. The molecule has 2 N–H and O–H groups in total. The number of oxime groups is 1. The summed E-state index contributed by atoms with van der Waals surface area (Å²) < 4.78 is 0. The molecule has 0 amide bonds. The number of nitro benzene ring substituents is 1. The van der Waals surface area contributed by atoms with Gasteiger partial charge < -0.3 is 10.3 Å². The highest BCUT2D eigenvalue weighted by atomic mass is 16.6. The Hall–Kier alpha value is -2.11. The van der Waals surface area contributed by atoms with Crippen LogP contribution in [0.25, 0.3) is 0 Å². The van der Waals surface area contributed by atoms with E-state index in [0.717, 1.165) is 6.21 Å². The summed E-state index contributed by atoms with van der Waals surface area (Å²) >= 11 is 0. The van der Waals surface area contributed by atoms with Gasteiger partial charge in [0.15, 0.2) is 0 Å². The van der Waals surface area contributed by atoms with Crippen LogP contribution < -0.4 is 0 Å². The Morgan fingerprint density at radius 3 is 2.71 bits per heavy atom. The van der Waals surface area contributed by atoms with Crippen LogP contribution >= 0.6 is 0 Å². The number of benzene rings is 1. The normalized spacial score (nSPS) is 10.6. The predicted octanol–water partition coefficient (Wildman–Crippen LogP) is 1.42. The quantitative estimate of drug-likeness (QED) is 0.323. The molecule has 0 aliphatic rings. The zero-order valence-corrected chi connectivity index (χ0v) is 7.34. The van der Waals surface area contributed by atoms with Gasteiger partial charge >= 0.3 is 5.69 Å². The van der Waals surface area contributed by atoms with Gasteiger partial charge in [0, 0.05) is 11.6 Å². The van der Waals surface area contributed by atoms with Crippen LogP contribution in [-0.4, -0.2) is 21.5 Å². The highest BCUT2D eigenvalue weighted by Gasteiger charge is 2.16. The van der Waals surface area contributed by atoms with Crippen molar-refractivity contribution in [3.63, 3.8) is 0 Å². The van der Waals surface area contributed by atoms with Crippen molar-refractivity contribution in [2.75, 3.05) is 0 Å². The Balaban J connectivity index is 3.39. The van der Waals surface area contributed by atoms with Crippen molar-refractivity contribution in [2.45, 2.75) is 6.92 Å². The first-order chi connectivity index (χ1) is 6.56. The molecule has 0 fully saturated rings. The van der Waals surface area contributed by atoms with E-state index in [1.54, 1.807) is 6.92 Å². The number of phenolic OH excluding ortho intramolecular Hbond substituents is 1. The largest absolute Gasteiger partial charge is 0.502 e. The number of hydrogen-bond donors (Lipinski definition) is 2. The van der Waals surface area contributed by atoms with E-state index in [-0.39, 0.29) is 5.56 Å². The summed E-state index contributed by atoms with van der Waals surface area (Å²) in [6.45, 7) is 1.64. The van der Waals surface area contributed by atoms with Gasteiger partial charge in [-0.3, -0.25) is 10.1 Å². The fraction of sp³-hybridized carbons (Fsp3) is 0.125. The number of aryl methyl sites for hydroxylation is 1. The highest BCUT2D eigenvalue weighted by Crippen LogP contribution is 2.29. The van der Waals surface area contributed by atoms with Crippen molar-refractivity contribution in [1.82, 2.24) is 0 Å². The summed E-state index contributed by atoms with van der Waals surface area (Å²) in [6, 6.07) is 2.71. The third kappa shape index (κ3) is 1.79. The van der Waals surface area contributed by atoms with Crippen LogP contribution in [0, 0.1) is 17.0 Å². The Morgan fingerprint density at radius 1 is 1.57 bits per heavy atom. The van der Waals surface area contributed by atoms with Crippen LogP contribution in [0.15, 0.2) is 17.3 Å². The molecule has 0 heterocycles. The SMILES string of the molecule is Cc1cc(/C=N/O)c(O)c([N+](=O)[O-])c1. The van der Waals surface area contributed by atoms with Crippen molar-refractivity contribution >= 4 is 11.9 Å². The van der Waals surface area contributed by atoms with Crippen LogP contribution in [0.5, 0.6) is 5.75 Å². The van der Waals surface area contributed by atoms with Crippen LogP contribution in [0.2, 0.25) is 0 Å². The minimum Gasteiger partial charge on any atom is -0.502 e. The number of phenols is 1. The maximum atomic E-state index is 10.5. The lowest BCUT2D eigenvalue weighted by molar-refractivity contribution is -0.385. The summed E-state index contributed by atoms with van der Waals surface area (Å²) in [5.74, 6) is -0.501. The van der Waals surface area contributed by atoms with Crippen LogP contribution in [0.1, 0.15) is 11.1 Å². The van der Waals surface area contributed by atoms with Crippen LogP contribution in [-0.2, 0) is 0 Å². The number of aromatic hydroxyl groups is 1. The third-order valence-corrected chi connectivity index (χ3v) is 1.66. The van der Waals surface area contributed by atoms with Crippen molar-refractivity contribution in [1.29, 1.82) is 0 Å². The summed E-state index contributed by atoms with van der Waals surface area (Å²) in [4.78, 5) is 9.77. The summed E-state index contributed by atoms with van der Waals surface area (Å²) in [5, 5.41) is 30.8. The highest BCUT2D eigenvalue weighted by molar-refractivity contribution is 5.85. The molecule has 0 aromatic heterocycles. The second-order valence-electron chi connectivity index (χ2n) is 2.72. The first-order valence-corrected chi connectivity index (χ1v) is 3.71. The standard InChI is InChI=1S/C8H8N2O4/c1-5-2-6(4-9-12)8(11)7(3-5)10(13)14/h2-4,11-12H,1H3/b9-4+. The van der Waals surface area contributed by atoms with Gasteiger partial charge in [-0.15, -0.1) is 0 Å². The Morgan fingerprint density at radius 2 is 2.21 bits per heavy atom. The van der Waals surface area contributed by atoms with Crippen molar-refractivity contribution < 1.29 is 15.2 Å². The zero-order valence-electron chi connectivity index (χ0n) is 7.34. The predicted molar refractivity (Wildman–Crippen MR) is 48.9 cm³/mol. The molecule has 0 spiro atoms. The molecule has 0 aliphatic carbocycles. The number of nitrogens with zero attached hydrogens (tertiary/aromatic N) is 2. The molecule has 0 saturated carbocycles. The molecular formula is C8H8N2O4. The minimum atomic E-state index is -0.697. The fourth-order valence-electron chi connectivity index (χ4n) is 1.09. The van der Waals surface area contributed by atoms with E-state index in [1.165, 1.54) is 12.1 Å². The lowest BCUT2D eigenvalue weighted by atomic mass is 10.1. The molecular weight excluding hydrogens is 188 g/mol. The van der Waals surface area contributed by atoms with E-state index in [1.807, 2.05) is 0 Å². The molecule has 0 atom stereocenters. The smallest absolute Gasteiger partial charge is 0.311 e. The monoisotopic (exact) mass is 196 g/mol. The van der Waals surface area contributed by atoms with Gasteiger partial charge in [0.05, 0.1) is 11.1 Å². The second-order valence-corrected chi connectivity index (χ2v) is 2.72.